The number of amides is 1. The van der Waals surface area contributed by atoms with Crippen LogP contribution in [0.2, 0.25) is 0 Å². The van der Waals surface area contributed by atoms with Gasteiger partial charge in [0.25, 0.3) is 5.91 Å². The molecule has 0 bridgehead atoms. The molecule has 0 spiro atoms. The van der Waals surface area contributed by atoms with Crippen LogP contribution < -0.4 is 16.0 Å². The summed E-state index contributed by atoms with van der Waals surface area (Å²) in [6.45, 7) is 7.79. The molecule has 1 atom stereocenters. The van der Waals surface area contributed by atoms with Crippen LogP contribution in [0.5, 0.6) is 0 Å². The lowest BCUT2D eigenvalue weighted by atomic mass is 10.2. The molecule has 1 saturated heterocycles. The third-order valence-corrected chi connectivity index (χ3v) is 5.91. The lowest BCUT2D eigenvalue weighted by Crippen LogP contribution is -2.50. The third kappa shape index (κ3) is 3.30. The molecule has 118 valence electrons. The van der Waals surface area contributed by atoms with E-state index >= 15 is 0 Å². The maximum Gasteiger partial charge on any atom is 0.263 e. The van der Waals surface area contributed by atoms with Crippen LogP contribution in [0.15, 0.2) is 4.90 Å². The number of nitrogen functional groups attached to an aromatic ring is 1. The second kappa shape index (κ2) is 6.89. The molecule has 3 N–H and O–H groups in total. The van der Waals surface area contributed by atoms with Gasteiger partial charge >= 0.3 is 0 Å². The number of thiophene rings is 1. The van der Waals surface area contributed by atoms with Gasteiger partial charge in [-0.1, -0.05) is 0 Å². The summed E-state index contributed by atoms with van der Waals surface area (Å²) in [6, 6.07) is 0.426. The van der Waals surface area contributed by atoms with Crippen LogP contribution in [0.3, 0.4) is 0 Å². The summed E-state index contributed by atoms with van der Waals surface area (Å²) >= 11 is 3.14. The number of nitrogens with one attached hydrogen (secondary N) is 1. The zero-order valence-corrected chi connectivity index (χ0v) is 14.7. The lowest BCUT2D eigenvalue weighted by Gasteiger charge is -2.39. The number of hydrogen-bond acceptors (Lipinski definition) is 6. The largest absolute Gasteiger partial charge is 0.396 e. The molecule has 0 radical (unpaired) electrons. The van der Waals surface area contributed by atoms with E-state index in [1.807, 2.05) is 13.2 Å². The molecule has 1 fully saturated rings. The van der Waals surface area contributed by atoms with Gasteiger partial charge in [-0.15, -0.1) is 23.1 Å². The Kier molecular flexibility index (Phi) is 5.40. The first-order valence-corrected chi connectivity index (χ1v) is 9.23. The van der Waals surface area contributed by atoms with Crippen molar-refractivity contribution in [1.29, 1.82) is 0 Å². The average molecular weight is 329 g/mol. The number of likely N-dealkylation sites (N-methyl/N-ethyl adjacent to an activating group) is 1. The molecule has 0 aliphatic carbocycles. The molecule has 1 aromatic heterocycles. The first-order chi connectivity index (χ1) is 9.99. The molecular weight excluding hydrogens is 304 g/mol. The number of anilines is 2. The number of piperazine rings is 1. The van der Waals surface area contributed by atoms with Gasteiger partial charge in [-0.25, -0.2) is 0 Å². The smallest absolute Gasteiger partial charge is 0.263 e. The third-order valence-electron chi connectivity index (χ3n) is 3.72. The van der Waals surface area contributed by atoms with Gasteiger partial charge in [-0.05, 0) is 27.2 Å². The van der Waals surface area contributed by atoms with Gasteiger partial charge < -0.3 is 20.9 Å². The van der Waals surface area contributed by atoms with Crippen molar-refractivity contribution in [3.63, 3.8) is 0 Å². The molecule has 1 aromatic rings. The molecule has 1 unspecified atom stereocenters. The van der Waals surface area contributed by atoms with Crippen molar-refractivity contribution in [2.75, 3.05) is 50.1 Å². The highest BCUT2D eigenvalue weighted by atomic mass is 32.2. The van der Waals surface area contributed by atoms with E-state index < -0.39 is 0 Å². The standard InChI is InChI=1S/C14H24N4OS2/c1-5-16-13(19)11-10(15)12(20-4)14(21-11)18-7-6-17(3)8-9(18)2/h9H,5-8,15H2,1-4H3,(H,16,19). The minimum Gasteiger partial charge on any atom is -0.396 e. The highest BCUT2D eigenvalue weighted by molar-refractivity contribution is 7.99. The van der Waals surface area contributed by atoms with Gasteiger partial charge in [0.05, 0.1) is 10.6 Å². The quantitative estimate of drug-likeness (QED) is 0.827. The van der Waals surface area contributed by atoms with E-state index in [9.17, 15) is 4.79 Å². The van der Waals surface area contributed by atoms with E-state index in [-0.39, 0.29) is 5.91 Å². The van der Waals surface area contributed by atoms with Gasteiger partial charge in [-0.3, -0.25) is 4.79 Å². The van der Waals surface area contributed by atoms with Crippen molar-refractivity contribution in [3.8, 4) is 0 Å². The summed E-state index contributed by atoms with van der Waals surface area (Å²) in [4.78, 5) is 18.5. The Bertz CT molecular complexity index is 517. The molecule has 2 heterocycles. The number of hydrogen-bond donors (Lipinski definition) is 2. The summed E-state index contributed by atoms with van der Waals surface area (Å²) in [5, 5.41) is 3.98. The maximum atomic E-state index is 12.1. The summed E-state index contributed by atoms with van der Waals surface area (Å²) < 4.78 is 0. The predicted molar refractivity (Wildman–Crippen MR) is 92.8 cm³/mol. The Balaban J connectivity index is 2.35. The van der Waals surface area contributed by atoms with Gasteiger partial charge in [0.2, 0.25) is 0 Å². The number of carbonyl (C=O) groups is 1. The Morgan fingerprint density at radius 3 is 2.81 bits per heavy atom. The fraction of sp³-hybridized carbons (Fsp3) is 0.643. The number of thioether (sulfide) groups is 1. The molecule has 1 amide bonds. The molecular formula is C14H24N4OS2. The normalized spacial score (nSPS) is 19.8. The molecule has 0 aromatic carbocycles. The monoisotopic (exact) mass is 328 g/mol. The second-order valence-corrected chi connectivity index (χ2v) is 7.16. The summed E-state index contributed by atoms with van der Waals surface area (Å²) in [5.41, 5.74) is 6.84. The fourth-order valence-corrected chi connectivity index (χ4v) is 4.87. The van der Waals surface area contributed by atoms with Gasteiger partial charge in [0.1, 0.15) is 9.88 Å². The van der Waals surface area contributed by atoms with Crippen LogP contribution in [0.4, 0.5) is 10.7 Å². The van der Waals surface area contributed by atoms with Crippen LogP contribution in [0.1, 0.15) is 23.5 Å². The first-order valence-electron chi connectivity index (χ1n) is 7.19. The highest BCUT2D eigenvalue weighted by Gasteiger charge is 2.28. The molecule has 1 aliphatic rings. The van der Waals surface area contributed by atoms with Gasteiger partial charge in [0, 0.05) is 32.2 Å². The Labute approximate surface area is 134 Å². The number of rotatable bonds is 4. The highest BCUT2D eigenvalue weighted by Crippen LogP contribution is 2.44. The Hall–Kier alpha value is -0.920. The second-order valence-electron chi connectivity index (χ2n) is 5.35. The minimum atomic E-state index is -0.0664. The van der Waals surface area contributed by atoms with Crippen LogP contribution in [-0.2, 0) is 0 Å². The van der Waals surface area contributed by atoms with E-state index in [1.165, 1.54) is 11.3 Å². The first kappa shape index (κ1) is 16.5. The van der Waals surface area contributed by atoms with E-state index in [0.717, 1.165) is 29.5 Å². The summed E-state index contributed by atoms with van der Waals surface area (Å²) in [7, 11) is 2.15. The topological polar surface area (TPSA) is 61.6 Å². The zero-order chi connectivity index (χ0) is 15.6. The van der Waals surface area contributed by atoms with Gasteiger partial charge in [0.15, 0.2) is 0 Å². The van der Waals surface area contributed by atoms with Crippen molar-refractivity contribution in [1.82, 2.24) is 10.2 Å². The van der Waals surface area contributed by atoms with Gasteiger partial charge in [-0.2, -0.15) is 0 Å². The SMILES string of the molecule is CCNC(=O)c1sc(N2CCN(C)CC2C)c(SC)c1N. The Morgan fingerprint density at radius 2 is 2.24 bits per heavy atom. The van der Waals surface area contributed by atoms with E-state index in [4.69, 9.17) is 5.73 Å². The molecule has 2 rings (SSSR count). The van der Waals surface area contributed by atoms with E-state index in [1.54, 1.807) is 11.8 Å². The van der Waals surface area contributed by atoms with Crippen molar-refractivity contribution in [2.45, 2.75) is 24.8 Å². The number of nitrogens with two attached hydrogens (primary N) is 1. The van der Waals surface area contributed by atoms with Crippen LogP contribution in [-0.4, -0.2) is 56.3 Å². The molecule has 0 saturated carbocycles. The van der Waals surface area contributed by atoms with Crippen LogP contribution >= 0.6 is 23.1 Å². The Morgan fingerprint density at radius 1 is 1.52 bits per heavy atom. The van der Waals surface area contributed by atoms with Crippen molar-refractivity contribution < 1.29 is 4.79 Å². The zero-order valence-electron chi connectivity index (χ0n) is 13.1. The number of nitrogens with zero attached hydrogens (tertiary/aromatic N) is 2. The predicted octanol–water partition coefficient (Wildman–Crippen LogP) is 1.94. The lowest BCUT2D eigenvalue weighted by molar-refractivity contribution is 0.0960. The maximum absolute atomic E-state index is 12.1. The average Bonchev–Trinajstić information content (AvgIpc) is 2.76. The molecule has 7 heteroatoms. The minimum absolute atomic E-state index is 0.0664. The van der Waals surface area contributed by atoms with Crippen molar-refractivity contribution in [2.24, 2.45) is 0 Å². The van der Waals surface area contributed by atoms with Crippen molar-refractivity contribution >= 4 is 39.7 Å². The van der Waals surface area contributed by atoms with Crippen molar-refractivity contribution in [3.05, 3.63) is 4.88 Å². The molecule has 1 aliphatic heterocycles. The van der Waals surface area contributed by atoms with Crippen LogP contribution in [0, 0.1) is 0 Å². The van der Waals surface area contributed by atoms with E-state index in [0.29, 0.717) is 23.2 Å². The molecule has 21 heavy (non-hydrogen) atoms. The number of carbonyl (C=O) groups excluding carboxylic acids is 1. The summed E-state index contributed by atoms with van der Waals surface area (Å²) in [6.07, 6.45) is 2.02. The fourth-order valence-electron chi connectivity index (χ4n) is 2.65. The van der Waals surface area contributed by atoms with Crippen LogP contribution in [0.25, 0.3) is 0 Å². The van der Waals surface area contributed by atoms with E-state index in [2.05, 4.69) is 29.1 Å². The summed E-state index contributed by atoms with van der Waals surface area (Å²) in [5.74, 6) is -0.0664. The molecule has 5 nitrogen and oxygen atoms in total.